The number of anilines is 1. The Kier molecular flexibility index (Phi) is 6.08. The third-order valence-electron chi connectivity index (χ3n) is 2.68. The molecule has 5 nitrogen and oxygen atoms in total. The molecule has 0 unspecified atom stereocenters. The van der Waals surface area contributed by atoms with Gasteiger partial charge in [0, 0.05) is 25.8 Å². The third-order valence-corrected chi connectivity index (χ3v) is 2.68. The van der Waals surface area contributed by atoms with Gasteiger partial charge >= 0.3 is 0 Å². The summed E-state index contributed by atoms with van der Waals surface area (Å²) in [7, 11) is 1.60. The first-order valence-electron chi connectivity index (χ1n) is 5.87. The van der Waals surface area contributed by atoms with Crippen LogP contribution < -0.4 is 4.90 Å². The Morgan fingerprint density at radius 3 is 2.74 bits per heavy atom. The Labute approximate surface area is 112 Å². The number of rotatable bonds is 7. The Morgan fingerprint density at radius 1 is 1.37 bits per heavy atom. The molecule has 0 aliphatic carbocycles. The van der Waals surface area contributed by atoms with E-state index in [4.69, 9.17) is 15.3 Å². The molecular weight excluding hydrogens is 242 g/mol. The molecule has 0 heterocycles. The predicted molar refractivity (Wildman–Crippen MR) is 70.9 cm³/mol. The summed E-state index contributed by atoms with van der Waals surface area (Å²) in [6, 6.07) is 9.11. The van der Waals surface area contributed by atoms with Gasteiger partial charge < -0.3 is 9.64 Å². The number of nitrogens with zero attached hydrogens (tertiary/aromatic N) is 3. The Morgan fingerprint density at radius 2 is 2.16 bits per heavy atom. The average molecular weight is 257 g/mol. The molecule has 0 N–H and O–H groups in total. The largest absolute Gasteiger partial charge is 0.383 e. The number of methoxy groups -OCH3 is 1. The van der Waals surface area contributed by atoms with Gasteiger partial charge in [0.1, 0.15) is 12.4 Å². The lowest BCUT2D eigenvalue weighted by Gasteiger charge is -2.24. The minimum atomic E-state index is 0.365. The predicted octanol–water partition coefficient (Wildman–Crippen LogP) is 1.74. The summed E-state index contributed by atoms with van der Waals surface area (Å²) in [5.74, 6) is 0. The van der Waals surface area contributed by atoms with Gasteiger partial charge in [-0.2, -0.15) is 10.5 Å². The number of hydrogen-bond donors (Lipinski definition) is 0. The summed E-state index contributed by atoms with van der Waals surface area (Å²) in [6.07, 6.45) is 1.07. The molecule has 98 valence electrons. The molecule has 1 aromatic carbocycles. The van der Waals surface area contributed by atoms with Gasteiger partial charge in [0.05, 0.1) is 30.3 Å². The summed E-state index contributed by atoms with van der Waals surface area (Å²) in [5.41, 5.74) is 1.62. The topological polar surface area (TPSA) is 77.1 Å². The van der Waals surface area contributed by atoms with Crippen molar-refractivity contribution in [2.75, 3.05) is 31.7 Å². The van der Waals surface area contributed by atoms with E-state index in [1.165, 1.54) is 0 Å². The van der Waals surface area contributed by atoms with E-state index in [0.717, 1.165) is 5.69 Å². The van der Waals surface area contributed by atoms with Gasteiger partial charge in [0.2, 0.25) is 0 Å². The molecule has 0 fully saturated rings. The summed E-state index contributed by atoms with van der Waals surface area (Å²) >= 11 is 0. The zero-order valence-electron chi connectivity index (χ0n) is 10.8. The maximum atomic E-state index is 10.7. The molecule has 0 amide bonds. The molecule has 0 radical (unpaired) electrons. The standard InChI is InChI=1S/C14H15N3O2/c1-19-8-7-17(6-2-5-15)14-4-3-12(11-18)9-13(14)10-16/h3-4,9,11H,2,6-8H2,1H3. The number of nitriles is 2. The van der Waals surface area contributed by atoms with E-state index in [9.17, 15) is 4.79 Å². The number of ether oxygens (including phenoxy) is 1. The molecule has 0 aliphatic heterocycles. The van der Waals surface area contributed by atoms with E-state index < -0.39 is 0 Å². The first-order valence-corrected chi connectivity index (χ1v) is 5.87. The second kappa shape index (κ2) is 7.86. The number of hydrogen-bond acceptors (Lipinski definition) is 5. The molecule has 1 rings (SSSR count). The quantitative estimate of drug-likeness (QED) is 0.695. The van der Waals surface area contributed by atoms with Crippen LogP contribution in [0.5, 0.6) is 0 Å². The van der Waals surface area contributed by atoms with Gasteiger partial charge in [-0.05, 0) is 18.2 Å². The lowest BCUT2D eigenvalue weighted by Crippen LogP contribution is -2.28. The Hall–Kier alpha value is -2.37. The van der Waals surface area contributed by atoms with Crippen molar-refractivity contribution in [3.63, 3.8) is 0 Å². The van der Waals surface area contributed by atoms with E-state index in [2.05, 4.69) is 12.1 Å². The maximum absolute atomic E-state index is 10.7. The normalized spacial score (nSPS) is 9.42. The zero-order valence-corrected chi connectivity index (χ0v) is 10.8. The summed E-state index contributed by atoms with van der Waals surface area (Å²) in [6.45, 7) is 1.62. The third kappa shape index (κ3) is 4.09. The minimum Gasteiger partial charge on any atom is -0.383 e. The van der Waals surface area contributed by atoms with Crippen LogP contribution in [-0.2, 0) is 4.74 Å². The Balaban J connectivity index is 3.03. The number of benzene rings is 1. The van der Waals surface area contributed by atoms with Crippen LogP contribution in [0.25, 0.3) is 0 Å². The molecule has 5 heteroatoms. The van der Waals surface area contributed by atoms with Gasteiger partial charge in [0.25, 0.3) is 0 Å². The summed E-state index contributed by atoms with van der Waals surface area (Å²) in [4.78, 5) is 12.6. The molecular formula is C14H15N3O2. The van der Waals surface area contributed by atoms with Crippen molar-refractivity contribution in [1.82, 2.24) is 0 Å². The smallest absolute Gasteiger partial charge is 0.150 e. The molecule has 0 atom stereocenters. The van der Waals surface area contributed by atoms with Crippen molar-refractivity contribution >= 4 is 12.0 Å². The fourth-order valence-corrected chi connectivity index (χ4v) is 1.73. The van der Waals surface area contributed by atoms with Crippen molar-refractivity contribution in [3.05, 3.63) is 29.3 Å². The molecule has 0 aromatic heterocycles. The van der Waals surface area contributed by atoms with E-state index in [1.54, 1.807) is 25.3 Å². The SMILES string of the molecule is COCCN(CCC#N)c1ccc(C=O)cc1C#N. The Bertz CT molecular complexity index is 514. The lowest BCUT2D eigenvalue weighted by molar-refractivity contribution is 0.112. The molecule has 0 saturated heterocycles. The van der Waals surface area contributed by atoms with E-state index >= 15 is 0 Å². The van der Waals surface area contributed by atoms with Gasteiger partial charge in [-0.25, -0.2) is 0 Å². The van der Waals surface area contributed by atoms with Crippen molar-refractivity contribution in [1.29, 1.82) is 10.5 Å². The maximum Gasteiger partial charge on any atom is 0.150 e. The van der Waals surface area contributed by atoms with Crippen LogP contribution in [0.1, 0.15) is 22.3 Å². The van der Waals surface area contributed by atoms with E-state index in [1.807, 2.05) is 4.90 Å². The molecule has 0 saturated carbocycles. The zero-order chi connectivity index (χ0) is 14.1. The van der Waals surface area contributed by atoms with Crippen LogP contribution in [0.4, 0.5) is 5.69 Å². The number of carbonyl (C=O) groups is 1. The van der Waals surface area contributed by atoms with Crippen LogP contribution in [0, 0.1) is 22.7 Å². The average Bonchev–Trinajstić information content (AvgIpc) is 2.47. The van der Waals surface area contributed by atoms with Crippen LogP contribution in [0.2, 0.25) is 0 Å². The summed E-state index contributed by atoms with van der Waals surface area (Å²) < 4.78 is 5.03. The second-order valence-corrected chi connectivity index (χ2v) is 3.89. The van der Waals surface area contributed by atoms with E-state index in [-0.39, 0.29) is 0 Å². The molecule has 1 aromatic rings. The molecule has 0 spiro atoms. The monoisotopic (exact) mass is 257 g/mol. The minimum absolute atomic E-state index is 0.365. The molecule has 19 heavy (non-hydrogen) atoms. The highest BCUT2D eigenvalue weighted by Gasteiger charge is 2.11. The van der Waals surface area contributed by atoms with Crippen LogP contribution in [0.3, 0.4) is 0 Å². The van der Waals surface area contributed by atoms with E-state index in [0.29, 0.717) is 43.5 Å². The summed E-state index contributed by atoms with van der Waals surface area (Å²) in [5, 5.41) is 17.8. The highest BCUT2D eigenvalue weighted by atomic mass is 16.5. The van der Waals surface area contributed by atoms with Crippen molar-refractivity contribution in [2.24, 2.45) is 0 Å². The number of aldehydes is 1. The highest BCUT2D eigenvalue weighted by Crippen LogP contribution is 2.21. The second-order valence-electron chi connectivity index (χ2n) is 3.89. The lowest BCUT2D eigenvalue weighted by atomic mass is 10.1. The fraction of sp³-hybridized carbons (Fsp3) is 0.357. The number of carbonyl (C=O) groups excluding carboxylic acids is 1. The molecule has 0 aliphatic rings. The van der Waals surface area contributed by atoms with Crippen LogP contribution in [-0.4, -0.2) is 33.1 Å². The van der Waals surface area contributed by atoms with Gasteiger partial charge in [-0.3, -0.25) is 4.79 Å². The molecule has 0 bridgehead atoms. The van der Waals surface area contributed by atoms with Gasteiger partial charge in [-0.1, -0.05) is 0 Å². The highest BCUT2D eigenvalue weighted by molar-refractivity contribution is 5.78. The van der Waals surface area contributed by atoms with Crippen molar-refractivity contribution in [3.8, 4) is 12.1 Å². The van der Waals surface area contributed by atoms with Crippen LogP contribution in [0.15, 0.2) is 18.2 Å². The fourth-order valence-electron chi connectivity index (χ4n) is 1.73. The van der Waals surface area contributed by atoms with Crippen molar-refractivity contribution < 1.29 is 9.53 Å². The van der Waals surface area contributed by atoms with Gasteiger partial charge in [0.15, 0.2) is 0 Å². The van der Waals surface area contributed by atoms with Crippen LogP contribution >= 0.6 is 0 Å². The first kappa shape index (κ1) is 14.7. The first-order chi connectivity index (χ1) is 9.26. The van der Waals surface area contributed by atoms with Gasteiger partial charge in [-0.15, -0.1) is 0 Å². The van der Waals surface area contributed by atoms with Crippen molar-refractivity contribution in [2.45, 2.75) is 6.42 Å².